The maximum atomic E-state index is 12.3. The van der Waals surface area contributed by atoms with E-state index in [0.717, 1.165) is 17.2 Å². The Morgan fingerprint density at radius 1 is 1.14 bits per heavy atom. The van der Waals surface area contributed by atoms with Crippen LogP contribution in [0, 0.1) is 0 Å². The zero-order valence-electron chi connectivity index (χ0n) is 14.9. The first-order chi connectivity index (χ1) is 13.4. The number of esters is 1. The van der Waals surface area contributed by atoms with Gasteiger partial charge in [0.15, 0.2) is 0 Å². The van der Waals surface area contributed by atoms with E-state index in [4.69, 9.17) is 9.84 Å². The summed E-state index contributed by atoms with van der Waals surface area (Å²) in [6, 6.07) is 7.71. The summed E-state index contributed by atoms with van der Waals surface area (Å²) in [6.45, 7) is -0.0605. The lowest BCUT2D eigenvalue weighted by atomic mass is 10.1. The number of aromatic nitrogens is 1. The number of hydrogen-bond acceptors (Lipinski definition) is 7. The van der Waals surface area contributed by atoms with E-state index in [1.54, 1.807) is 24.3 Å². The van der Waals surface area contributed by atoms with Gasteiger partial charge in [0.1, 0.15) is 0 Å². The fourth-order valence-corrected chi connectivity index (χ4v) is 2.78. The number of pyridine rings is 1. The number of methoxy groups -OCH3 is 1. The molecule has 1 aromatic heterocycles. The Balaban J connectivity index is 1.63. The smallest absolute Gasteiger partial charge is 0.339 e. The number of carbonyl (C=O) groups is 4. The van der Waals surface area contributed by atoms with Crippen LogP contribution in [0.25, 0.3) is 0 Å². The summed E-state index contributed by atoms with van der Waals surface area (Å²) in [7, 11) is 1.17. The molecule has 3 rings (SSSR count). The number of aromatic carboxylic acids is 1. The monoisotopic (exact) mass is 384 g/mol. The van der Waals surface area contributed by atoms with Gasteiger partial charge in [0.2, 0.25) is 0 Å². The number of benzene rings is 1. The van der Waals surface area contributed by atoms with Gasteiger partial charge in [0, 0.05) is 6.20 Å². The van der Waals surface area contributed by atoms with E-state index in [0.29, 0.717) is 11.1 Å². The molecule has 0 spiro atoms. The van der Waals surface area contributed by atoms with Gasteiger partial charge in [-0.2, -0.15) is 0 Å². The largest absolute Gasteiger partial charge is 0.478 e. The lowest BCUT2D eigenvalue weighted by molar-refractivity contribution is 0.0536. The Kier molecular flexibility index (Phi) is 5.46. The average molecular weight is 384 g/mol. The molecule has 0 saturated heterocycles. The Morgan fingerprint density at radius 3 is 2.36 bits per heavy atom. The van der Waals surface area contributed by atoms with Crippen molar-refractivity contribution in [2.24, 2.45) is 0 Å². The van der Waals surface area contributed by atoms with Crippen LogP contribution in [0.15, 0.2) is 36.5 Å². The summed E-state index contributed by atoms with van der Waals surface area (Å²) in [5, 5.41) is 9.02. The molecule has 9 nitrogen and oxygen atoms in total. The Morgan fingerprint density at radius 2 is 1.79 bits per heavy atom. The van der Waals surface area contributed by atoms with Gasteiger partial charge in [-0.1, -0.05) is 12.1 Å². The van der Waals surface area contributed by atoms with Gasteiger partial charge in [0.25, 0.3) is 11.8 Å². The highest BCUT2D eigenvalue weighted by molar-refractivity contribution is 6.21. The lowest BCUT2D eigenvalue weighted by Crippen LogP contribution is -2.33. The number of fused-ring (bicyclic) bond motifs is 1. The summed E-state index contributed by atoms with van der Waals surface area (Å²) in [5.74, 6) is -2.74. The number of carbonyl (C=O) groups excluding carboxylic acids is 3. The molecular weight excluding hydrogens is 368 g/mol. The SMILES string of the molecule is COC(=O)c1cc(C(=O)O)cnc1COCCN1C(=O)c2ccccc2C1=O. The van der Waals surface area contributed by atoms with Crippen LogP contribution < -0.4 is 0 Å². The molecule has 144 valence electrons. The minimum Gasteiger partial charge on any atom is -0.478 e. The zero-order valence-corrected chi connectivity index (χ0v) is 14.9. The molecule has 0 unspecified atom stereocenters. The third kappa shape index (κ3) is 3.60. The highest BCUT2D eigenvalue weighted by atomic mass is 16.5. The Labute approximate surface area is 159 Å². The minimum absolute atomic E-state index is 0.0223. The van der Waals surface area contributed by atoms with Crippen LogP contribution in [0.1, 0.15) is 47.1 Å². The first kappa shape index (κ1) is 19.2. The van der Waals surface area contributed by atoms with Crippen LogP contribution in [-0.2, 0) is 16.1 Å². The Bertz CT molecular complexity index is 936. The summed E-state index contributed by atoms with van der Waals surface area (Å²) in [6.07, 6.45) is 1.11. The minimum atomic E-state index is -1.23. The van der Waals surface area contributed by atoms with Crippen LogP contribution in [0.4, 0.5) is 0 Å². The van der Waals surface area contributed by atoms with E-state index in [1.165, 1.54) is 7.11 Å². The standard InChI is InChI=1S/C19H16N2O7/c1-27-19(26)14-8-11(18(24)25)9-20-15(14)10-28-7-6-21-16(22)12-4-2-3-5-13(12)17(21)23/h2-5,8-9H,6-7,10H2,1H3,(H,24,25). The molecule has 0 radical (unpaired) electrons. The van der Waals surface area contributed by atoms with Gasteiger partial charge in [0.05, 0.1) is 54.8 Å². The molecule has 28 heavy (non-hydrogen) atoms. The molecule has 0 saturated carbocycles. The molecule has 2 heterocycles. The van der Waals surface area contributed by atoms with Crippen molar-refractivity contribution in [3.8, 4) is 0 Å². The summed E-state index contributed by atoms with van der Waals surface area (Å²) in [5.41, 5.74) is 0.718. The average Bonchev–Trinajstić information content (AvgIpc) is 2.95. The molecule has 9 heteroatoms. The predicted octanol–water partition coefficient (Wildman–Crippen LogP) is 1.38. The van der Waals surface area contributed by atoms with Gasteiger partial charge < -0.3 is 14.6 Å². The van der Waals surface area contributed by atoms with E-state index in [9.17, 15) is 19.2 Å². The highest BCUT2D eigenvalue weighted by Gasteiger charge is 2.34. The van der Waals surface area contributed by atoms with Gasteiger partial charge in [-0.15, -0.1) is 0 Å². The van der Waals surface area contributed by atoms with Crippen molar-refractivity contribution in [3.05, 3.63) is 64.5 Å². The van der Waals surface area contributed by atoms with Crippen LogP contribution in [0.5, 0.6) is 0 Å². The normalized spacial score (nSPS) is 12.8. The summed E-state index contributed by atoms with van der Waals surface area (Å²) < 4.78 is 10.1. The van der Waals surface area contributed by atoms with E-state index in [2.05, 4.69) is 9.72 Å². The van der Waals surface area contributed by atoms with Crippen molar-refractivity contribution in [1.29, 1.82) is 0 Å². The molecule has 2 amide bonds. The molecule has 1 aromatic carbocycles. The predicted molar refractivity (Wildman–Crippen MR) is 94.0 cm³/mol. The maximum Gasteiger partial charge on any atom is 0.339 e. The highest BCUT2D eigenvalue weighted by Crippen LogP contribution is 2.22. The van der Waals surface area contributed by atoms with E-state index in [1.807, 2.05) is 0 Å². The molecule has 1 aliphatic heterocycles. The molecule has 0 fully saturated rings. The number of rotatable bonds is 7. The van der Waals surface area contributed by atoms with Crippen molar-refractivity contribution in [1.82, 2.24) is 9.88 Å². The second-order valence-corrected chi connectivity index (χ2v) is 5.88. The second kappa shape index (κ2) is 7.97. The number of carboxylic acid groups (broad SMARTS) is 1. The number of amides is 2. The lowest BCUT2D eigenvalue weighted by Gasteiger charge is -2.14. The molecule has 2 aromatic rings. The zero-order chi connectivity index (χ0) is 20.3. The van der Waals surface area contributed by atoms with E-state index < -0.39 is 11.9 Å². The van der Waals surface area contributed by atoms with Crippen molar-refractivity contribution >= 4 is 23.8 Å². The summed E-state index contributed by atoms with van der Waals surface area (Å²) >= 11 is 0. The van der Waals surface area contributed by atoms with Crippen LogP contribution >= 0.6 is 0 Å². The maximum absolute atomic E-state index is 12.3. The number of hydrogen-bond donors (Lipinski definition) is 1. The second-order valence-electron chi connectivity index (χ2n) is 5.88. The molecular formula is C19H16N2O7. The third-order valence-electron chi connectivity index (χ3n) is 4.20. The van der Waals surface area contributed by atoms with Gasteiger partial charge >= 0.3 is 11.9 Å². The first-order valence-electron chi connectivity index (χ1n) is 8.27. The van der Waals surface area contributed by atoms with Gasteiger partial charge in [-0.05, 0) is 18.2 Å². The van der Waals surface area contributed by atoms with Crippen LogP contribution in [0.3, 0.4) is 0 Å². The molecule has 0 atom stereocenters. The number of nitrogens with zero attached hydrogens (tertiary/aromatic N) is 2. The third-order valence-corrected chi connectivity index (χ3v) is 4.20. The van der Waals surface area contributed by atoms with Crippen molar-refractivity contribution < 1.29 is 33.8 Å². The first-order valence-corrected chi connectivity index (χ1v) is 8.27. The van der Waals surface area contributed by atoms with Crippen molar-refractivity contribution in [3.63, 3.8) is 0 Å². The fourth-order valence-electron chi connectivity index (χ4n) is 2.78. The topological polar surface area (TPSA) is 123 Å². The molecule has 0 aliphatic carbocycles. The molecule has 1 aliphatic rings. The van der Waals surface area contributed by atoms with E-state index in [-0.39, 0.29) is 48.4 Å². The van der Waals surface area contributed by atoms with Crippen LogP contribution in [0.2, 0.25) is 0 Å². The number of imide groups is 1. The van der Waals surface area contributed by atoms with Crippen molar-refractivity contribution in [2.45, 2.75) is 6.61 Å². The van der Waals surface area contributed by atoms with E-state index >= 15 is 0 Å². The van der Waals surface area contributed by atoms with Gasteiger partial charge in [-0.25, -0.2) is 9.59 Å². The molecule has 0 bridgehead atoms. The fraction of sp³-hybridized carbons (Fsp3) is 0.211. The van der Waals surface area contributed by atoms with Crippen molar-refractivity contribution in [2.75, 3.05) is 20.3 Å². The van der Waals surface area contributed by atoms with Crippen LogP contribution in [-0.4, -0.2) is 59.0 Å². The Hall–Kier alpha value is -3.59. The summed E-state index contributed by atoms with van der Waals surface area (Å²) in [4.78, 5) is 52.5. The van der Waals surface area contributed by atoms with Gasteiger partial charge in [-0.3, -0.25) is 19.5 Å². The molecule has 1 N–H and O–H groups in total. The quantitative estimate of drug-likeness (QED) is 0.431. The number of carboxylic acids is 1. The number of ether oxygens (including phenoxy) is 2.